The van der Waals surface area contributed by atoms with Crippen LogP contribution in [-0.4, -0.2) is 32.6 Å². The van der Waals surface area contributed by atoms with E-state index in [1.54, 1.807) is 43.4 Å². The predicted molar refractivity (Wildman–Crippen MR) is 100 cm³/mol. The normalized spacial score (nSPS) is 13.7. The summed E-state index contributed by atoms with van der Waals surface area (Å²) in [5, 5.41) is 2.88. The smallest absolute Gasteiger partial charge is 0.257 e. The molecule has 1 N–H and O–H groups in total. The number of nitrogens with one attached hydrogen (secondary N) is 1. The Labute approximate surface area is 152 Å². The highest BCUT2D eigenvalue weighted by molar-refractivity contribution is 6.11. The first-order valence-corrected chi connectivity index (χ1v) is 8.48. The van der Waals surface area contributed by atoms with E-state index in [4.69, 9.17) is 9.47 Å². The maximum atomic E-state index is 12.9. The monoisotopic (exact) mass is 354 g/mol. The molecule has 0 unspecified atom stereocenters. The Balaban J connectivity index is 1.90. The lowest BCUT2D eigenvalue weighted by molar-refractivity contribution is -0.117. The summed E-state index contributed by atoms with van der Waals surface area (Å²) in [6, 6.07) is 10.7. The van der Waals surface area contributed by atoms with Crippen molar-refractivity contribution < 1.29 is 19.1 Å². The van der Waals surface area contributed by atoms with E-state index in [1.165, 1.54) is 0 Å². The number of methoxy groups -OCH3 is 2. The molecule has 1 fully saturated rings. The van der Waals surface area contributed by atoms with Crippen LogP contribution in [0.25, 0.3) is 0 Å². The van der Waals surface area contributed by atoms with Gasteiger partial charge >= 0.3 is 0 Å². The topological polar surface area (TPSA) is 67.9 Å². The summed E-state index contributed by atoms with van der Waals surface area (Å²) < 4.78 is 10.5. The van der Waals surface area contributed by atoms with Gasteiger partial charge in [0.25, 0.3) is 5.91 Å². The third kappa shape index (κ3) is 3.49. The lowest BCUT2D eigenvalue weighted by Gasteiger charge is -2.20. The maximum Gasteiger partial charge on any atom is 0.257 e. The third-order valence-electron chi connectivity index (χ3n) is 4.40. The molecule has 136 valence electrons. The average Bonchev–Trinajstić information content (AvgIpc) is 3.07. The molecule has 0 spiro atoms. The van der Waals surface area contributed by atoms with Crippen molar-refractivity contribution in [3.05, 3.63) is 47.5 Å². The van der Waals surface area contributed by atoms with Crippen LogP contribution in [0.15, 0.2) is 36.4 Å². The first-order valence-electron chi connectivity index (χ1n) is 8.48. The van der Waals surface area contributed by atoms with Crippen LogP contribution in [-0.2, 0) is 4.79 Å². The summed E-state index contributed by atoms with van der Waals surface area (Å²) in [6.07, 6.45) is 1.33. The second-order valence-corrected chi connectivity index (χ2v) is 6.19. The number of rotatable bonds is 5. The first kappa shape index (κ1) is 17.8. The fraction of sp³-hybridized carbons (Fsp3) is 0.300. The number of aryl methyl sites for hydroxylation is 1. The number of carbonyl (C=O) groups is 2. The van der Waals surface area contributed by atoms with Crippen LogP contribution < -0.4 is 19.7 Å². The van der Waals surface area contributed by atoms with E-state index in [2.05, 4.69) is 5.32 Å². The zero-order valence-electron chi connectivity index (χ0n) is 15.2. The number of benzene rings is 2. The summed E-state index contributed by atoms with van der Waals surface area (Å²) in [5.74, 6) is 0.901. The molecule has 1 saturated heterocycles. The Morgan fingerprint density at radius 1 is 1.08 bits per heavy atom. The number of hydrogen-bond donors (Lipinski definition) is 1. The van der Waals surface area contributed by atoms with Crippen LogP contribution in [0.3, 0.4) is 0 Å². The van der Waals surface area contributed by atoms with Gasteiger partial charge in [-0.05, 0) is 37.6 Å². The van der Waals surface area contributed by atoms with Gasteiger partial charge in [0.2, 0.25) is 5.91 Å². The summed E-state index contributed by atoms with van der Waals surface area (Å²) >= 11 is 0. The summed E-state index contributed by atoms with van der Waals surface area (Å²) in [5.41, 5.74) is 2.68. The second kappa shape index (κ2) is 7.47. The Bertz CT molecular complexity index is 848. The van der Waals surface area contributed by atoms with Gasteiger partial charge in [0.05, 0.1) is 25.5 Å². The molecule has 1 aliphatic rings. The molecule has 26 heavy (non-hydrogen) atoms. The zero-order valence-corrected chi connectivity index (χ0v) is 15.2. The van der Waals surface area contributed by atoms with Crippen molar-refractivity contribution in [1.29, 1.82) is 0 Å². The minimum Gasteiger partial charge on any atom is -0.493 e. The fourth-order valence-electron chi connectivity index (χ4n) is 3.08. The molecule has 1 heterocycles. The van der Waals surface area contributed by atoms with Gasteiger partial charge in [-0.1, -0.05) is 11.6 Å². The van der Waals surface area contributed by atoms with Crippen LogP contribution in [0, 0.1) is 6.92 Å². The molecule has 6 nitrogen and oxygen atoms in total. The second-order valence-electron chi connectivity index (χ2n) is 6.19. The van der Waals surface area contributed by atoms with E-state index in [0.29, 0.717) is 41.4 Å². The average molecular weight is 354 g/mol. The molecular formula is C20H22N2O4. The standard InChI is InChI=1S/C20H22N2O4/c1-13-6-8-16(22-10-4-5-19(22)23)15(11-13)20(24)21-14-7-9-17(25-2)18(12-14)26-3/h6-9,11-12H,4-5,10H2,1-3H3,(H,21,24). The van der Waals surface area contributed by atoms with Crippen LogP contribution in [0.4, 0.5) is 11.4 Å². The Hall–Kier alpha value is -3.02. The van der Waals surface area contributed by atoms with Gasteiger partial charge in [-0.15, -0.1) is 0 Å². The van der Waals surface area contributed by atoms with Crippen molar-refractivity contribution in [3.8, 4) is 11.5 Å². The van der Waals surface area contributed by atoms with Gasteiger partial charge < -0.3 is 19.7 Å². The summed E-state index contributed by atoms with van der Waals surface area (Å²) in [7, 11) is 3.10. The number of amides is 2. The van der Waals surface area contributed by atoms with Crippen LogP contribution in [0.1, 0.15) is 28.8 Å². The predicted octanol–water partition coefficient (Wildman–Crippen LogP) is 3.39. The van der Waals surface area contributed by atoms with E-state index in [9.17, 15) is 9.59 Å². The van der Waals surface area contributed by atoms with Crippen molar-refractivity contribution in [2.75, 3.05) is 31.0 Å². The van der Waals surface area contributed by atoms with Crippen molar-refractivity contribution in [2.24, 2.45) is 0 Å². The van der Waals surface area contributed by atoms with Crippen molar-refractivity contribution in [3.63, 3.8) is 0 Å². The number of nitrogens with zero attached hydrogens (tertiary/aromatic N) is 1. The lowest BCUT2D eigenvalue weighted by atomic mass is 10.1. The molecule has 0 bridgehead atoms. The van der Waals surface area contributed by atoms with Gasteiger partial charge in [0, 0.05) is 24.7 Å². The minimum absolute atomic E-state index is 0.0500. The highest BCUT2D eigenvalue weighted by Crippen LogP contribution is 2.31. The van der Waals surface area contributed by atoms with E-state index >= 15 is 0 Å². The molecule has 0 radical (unpaired) electrons. The Morgan fingerprint density at radius 2 is 1.85 bits per heavy atom. The van der Waals surface area contributed by atoms with Gasteiger partial charge in [-0.25, -0.2) is 0 Å². The third-order valence-corrected chi connectivity index (χ3v) is 4.40. The molecule has 2 amide bonds. The molecular weight excluding hydrogens is 332 g/mol. The quantitative estimate of drug-likeness (QED) is 0.894. The van der Waals surface area contributed by atoms with Gasteiger partial charge in [0.15, 0.2) is 11.5 Å². The van der Waals surface area contributed by atoms with E-state index < -0.39 is 0 Å². The number of hydrogen-bond acceptors (Lipinski definition) is 4. The number of ether oxygens (including phenoxy) is 2. The molecule has 2 aromatic rings. The number of carbonyl (C=O) groups excluding carboxylic acids is 2. The molecule has 3 rings (SSSR count). The van der Waals surface area contributed by atoms with E-state index in [-0.39, 0.29) is 11.8 Å². The number of anilines is 2. The fourth-order valence-corrected chi connectivity index (χ4v) is 3.08. The molecule has 0 aromatic heterocycles. The summed E-state index contributed by atoms with van der Waals surface area (Å²) in [6.45, 7) is 2.56. The van der Waals surface area contributed by atoms with Crippen LogP contribution in [0.5, 0.6) is 11.5 Å². The minimum atomic E-state index is -0.268. The van der Waals surface area contributed by atoms with E-state index in [1.807, 2.05) is 19.1 Å². The zero-order chi connectivity index (χ0) is 18.7. The maximum absolute atomic E-state index is 12.9. The molecule has 2 aromatic carbocycles. The summed E-state index contributed by atoms with van der Waals surface area (Å²) in [4.78, 5) is 26.7. The van der Waals surface area contributed by atoms with Crippen molar-refractivity contribution in [2.45, 2.75) is 19.8 Å². The highest BCUT2D eigenvalue weighted by Gasteiger charge is 2.26. The van der Waals surface area contributed by atoms with Gasteiger partial charge in [-0.3, -0.25) is 9.59 Å². The first-order chi connectivity index (χ1) is 12.5. The van der Waals surface area contributed by atoms with Crippen molar-refractivity contribution in [1.82, 2.24) is 0 Å². The van der Waals surface area contributed by atoms with Crippen LogP contribution >= 0.6 is 0 Å². The Kier molecular flexibility index (Phi) is 5.11. The lowest BCUT2D eigenvalue weighted by Crippen LogP contribution is -2.27. The molecule has 0 saturated carbocycles. The molecule has 6 heteroatoms. The van der Waals surface area contributed by atoms with E-state index in [0.717, 1.165) is 12.0 Å². The van der Waals surface area contributed by atoms with Gasteiger partial charge in [0.1, 0.15) is 0 Å². The highest BCUT2D eigenvalue weighted by atomic mass is 16.5. The molecule has 0 aliphatic carbocycles. The molecule has 1 aliphatic heterocycles. The van der Waals surface area contributed by atoms with Crippen LogP contribution in [0.2, 0.25) is 0 Å². The van der Waals surface area contributed by atoms with Gasteiger partial charge in [-0.2, -0.15) is 0 Å². The Morgan fingerprint density at radius 3 is 2.50 bits per heavy atom. The largest absolute Gasteiger partial charge is 0.493 e. The molecule has 0 atom stereocenters. The SMILES string of the molecule is COc1ccc(NC(=O)c2cc(C)ccc2N2CCCC2=O)cc1OC. The van der Waals surface area contributed by atoms with Crippen molar-refractivity contribution >= 4 is 23.2 Å².